The molecule has 14 heteroatoms. The van der Waals surface area contributed by atoms with E-state index in [1.807, 2.05) is 29.3 Å². The molecule has 1 aliphatic heterocycles. The second kappa shape index (κ2) is 22.2. The van der Waals surface area contributed by atoms with E-state index in [1.54, 1.807) is 36.6 Å². The number of nitrogens with zero attached hydrogens (tertiary/aromatic N) is 2. The minimum Gasteiger partial charge on any atom is -0.497 e. The quantitative estimate of drug-likeness (QED) is 0.0968. The third-order valence-corrected chi connectivity index (χ3v) is 10.9. The van der Waals surface area contributed by atoms with Crippen LogP contribution < -0.4 is 20.2 Å². The van der Waals surface area contributed by atoms with E-state index in [2.05, 4.69) is 47.4 Å². The molecule has 1 saturated heterocycles. The van der Waals surface area contributed by atoms with Gasteiger partial charge in [-0.3, -0.25) is 23.9 Å². The molecule has 2 saturated carbocycles. The number of fused-ring (bicyclic) bond motifs is 1. The maximum atomic E-state index is 12.2. The molecule has 2 unspecified atom stereocenters. The lowest BCUT2D eigenvalue weighted by molar-refractivity contribution is -0.143. The molecule has 6 rings (SSSR count). The number of allylic oxidation sites excluding steroid dienone is 1. The first-order valence-electron chi connectivity index (χ1n) is 18.0. The Bertz CT molecular complexity index is 1670. The van der Waals surface area contributed by atoms with E-state index in [0.717, 1.165) is 85.6 Å². The van der Waals surface area contributed by atoms with Crippen molar-refractivity contribution in [3.05, 3.63) is 58.2 Å². The number of hydrogen-bond donors (Lipinski definition) is 3. The predicted octanol–water partition coefficient (Wildman–Crippen LogP) is 6.00. The minimum atomic E-state index is -1.08. The van der Waals surface area contributed by atoms with Crippen molar-refractivity contribution in [2.24, 2.45) is 0 Å². The van der Waals surface area contributed by atoms with Gasteiger partial charge in [0.25, 0.3) is 5.91 Å². The highest BCUT2D eigenvalue weighted by molar-refractivity contribution is 7.84. The number of carbonyl (C=O) groups excluding carboxylic acids is 3. The Hall–Kier alpha value is -3.88. The highest BCUT2D eigenvalue weighted by Gasteiger charge is 2.29. The van der Waals surface area contributed by atoms with Gasteiger partial charge in [-0.15, -0.1) is 17.9 Å². The number of unbranched alkanes of at least 4 members (excludes halogenated alkanes) is 2. The van der Waals surface area contributed by atoms with E-state index in [9.17, 15) is 23.4 Å². The van der Waals surface area contributed by atoms with Crippen LogP contribution in [-0.2, 0) is 30.1 Å². The van der Waals surface area contributed by atoms with Crippen molar-refractivity contribution in [1.82, 2.24) is 24.9 Å². The summed E-state index contributed by atoms with van der Waals surface area (Å²) in [6.45, 7) is 13.4. The first-order chi connectivity index (χ1) is 25.0. The van der Waals surface area contributed by atoms with Gasteiger partial charge in [-0.05, 0) is 89.7 Å². The Morgan fingerprint density at radius 3 is 2.42 bits per heavy atom. The van der Waals surface area contributed by atoms with Crippen LogP contribution >= 0.6 is 11.3 Å². The van der Waals surface area contributed by atoms with Crippen LogP contribution in [0.15, 0.2) is 47.1 Å². The lowest BCUT2D eigenvalue weighted by Crippen LogP contribution is -2.41. The molecule has 3 amide bonds. The summed E-state index contributed by atoms with van der Waals surface area (Å²) in [5, 5.41) is 6.41. The van der Waals surface area contributed by atoms with Crippen molar-refractivity contribution < 1.29 is 28.1 Å². The number of pyridine rings is 1. The summed E-state index contributed by atoms with van der Waals surface area (Å²) >= 11 is 1.55. The number of likely N-dealkylation sites (tertiary alicyclic amines) is 1. The van der Waals surface area contributed by atoms with E-state index < -0.39 is 11.0 Å². The average molecular weight is 758 g/mol. The number of ether oxygens (including phenoxy) is 2. The lowest BCUT2D eigenvalue weighted by Gasteiger charge is -2.25. The summed E-state index contributed by atoms with van der Waals surface area (Å²) in [5.41, 5.74) is 2.54. The SMILES string of the molecule is C=CCCCCO[C@H](C)C(=O)N1CCCC1C.COc1ccc2c(=O)cc(-c3nc(C(C)C)cs3)[nH]c2c1.O=CNC1CC1.O=CNS(=O)C1CC1. The molecular formula is C38H55N5O7S2. The van der Waals surface area contributed by atoms with Crippen LogP contribution in [0.1, 0.15) is 97.1 Å². The molecule has 3 aliphatic rings. The fraction of sp³-hybridized carbons (Fsp3) is 0.553. The maximum absolute atomic E-state index is 12.2. The second-order valence-electron chi connectivity index (χ2n) is 13.3. The number of hydrogen-bond acceptors (Lipinski definition) is 9. The smallest absolute Gasteiger partial charge is 0.251 e. The summed E-state index contributed by atoms with van der Waals surface area (Å²) in [6, 6.07) is 7.92. The van der Waals surface area contributed by atoms with Gasteiger partial charge in [0.05, 0.1) is 29.3 Å². The lowest BCUT2D eigenvalue weighted by atomic mass is 10.1. The molecule has 3 fully saturated rings. The monoisotopic (exact) mass is 757 g/mol. The predicted molar refractivity (Wildman–Crippen MR) is 209 cm³/mol. The van der Waals surface area contributed by atoms with Crippen LogP contribution in [0.4, 0.5) is 0 Å². The third-order valence-electron chi connectivity index (χ3n) is 8.61. The number of thiazole rings is 1. The van der Waals surface area contributed by atoms with Gasteiger partial charge in [0.1, 0.15) is 27.8 Å². The number of benzene rings is 1. The fourth-order valence-corrected chi connectivity index (χ4v) is 6.94. The van der Waals surface area contributed by atoms with Gasteiger partial charge < -0.3 is 24.7 Å². The summed E-state index contributed by atoms with van der Waals surface area (Å²) in [5.74, 6) is 1.25. The number of rotatable bonds is 15. The molecule has 3 atom stereocenters. The third kappa shape index (κ3) is 14.3. The van der Waals surface area contributed by atoms with Crippen molar-refractivity contribution in [2.75, 3.05) is 20.3 Å². The normalized spacial score (nSPS) is 17.3. The number of methoxy groups -OCH3 is 1. The number of nitrogens with one attached hydrogen (secondary N) is 3. The van der Waals surface area contributed by atoms with E-state index in [0.29, 0.717) is 36.4 Å². The molecule has 0 radical (unpaired) electrons. The largest absolute Gasteiger partial charge is 0.497 e. The zero-order valence-electron chi connectivity index (χ0n) is 31.1. The maximum Gasteiger partial charge on any atom is 0.251 e. The average Bonchev–Trinajstić information content (AvgIpc) is 4.06. The molecule has 3 N–H and O–H groups in total. The van der Waals surface area contributed by atoms with Crippen molar-refractivity contribution in [3.63, 3.8) is 0 Å². The van der Waals surface area contributed by atoms with E-state index in [1.165, 1.54) is 12.8 Å². The highest BCUT2D eigenvalue weighted by Crippen LogP contribution is 2.27. The molecule has 1 aromatic carbocycles. The zero-order chi connectivity index (χ0) is 38.0. The van der Waals surface area contributed by atoms with Crippen molar-refractivity contribution >= 4 is 52.0 Å². The van der Waals surface area contributed by atoms with Gasteiger partial charge in [-0.2, -0.15) is 0 Å². The first kappa shape index (κ1) is 42.5. The highest BCUT2D eigenvalue weighted by atomic mass is 32.2. The Labute approximate surface area is 313 Å². The number of aromatic amines is 1. The molecule has 3 aromatic rings. The van der Waals surface area contributed by atoms with Gasteiger partial charge in [-0.1, -0.05) is 19.9 Å². The van der Waals surface area contributed by atoms with Crippen molar-refractivity contribution in [1.29, 1.82) is 0 Å². The molecule has 2 aromatic heterocycles. The molecule has 2 aliphatic carbocycles. The van der Waals surface area contributed by atoms with Crippen LogP contribution in [0.2, 0.25) is 0 Å². The van der Waals surface area contributed by atoms with Gasteiger partial charge in [0.15, 0.2) is 5.43 Å². The van der Waals surface area contributed by atoms with Gasteiger partial charge in [0.2, 0.25) is 12.8 Å². The number of carbonyl (C=O) groups is 3. The molecule has 286 valence electrons. The molecule has 0 spiro atoms. The molecular weight excluding hydrogens is 703 g/mol. The molecule has 0 bridgehead atoms. The summed E-state index contributed by atoms with van der Waals surface area (Å²) in [4.78, 5) is 53.3. The van der Waals surface area contributed by atoms with Gasteiger partial charge in [0, 0.05) is 48.1 Å². The van der Waals surface area contributed by atoms with Crippen LogP contribution in [0.25, 0.3) is 21.6 Å². The summed E-state index contributed by atoms with van der Waals surface area (Å²) in [7, 11) is 0.531. The van der Waals surface area contributed by atoms with Gasteiger partial charge >= 0.3 is 0 Å². The van der Waals surface area contributed by atoms with E-state index in [4.69, 9.17) is 9.47 Å². The molecule has 3 heterocycles. The van der Waals surface area contributed by atoms with Crippen LogP contribution in [0.3, 0.4) is 0 Å². The molecule has 12 nitrogen and oxygen atoms in total. The number of amides is 3. The number of H-pyrrole nitrogens is 1. The topological polar surface area (TPSA) is 160 Å². The van der Waals surface area contributed by atoms with E-state index in [-0.39, 0.29) is 22.7 Å². The second-order valence-corrected chi connectivity index (χ2v) is 15.7. The Kier molecular flexibility index (Phi) is 18.2. The number of aromatic nitrogens is 2. The van der Waals surface area contributed by atoms with Crippen LogP contribution in [0, 0.1) is 0 Å². The van der Waals surface area contributed by atoms with E-state index >= 15 is 0 Å². The Morgan fingerprint density at radius 2 is 1.88 bits per heavy atom. The van der Waals surface area contributed by atoms with Gasteiger partial charge in [-0.25, -0.2) is 9.19 Å². The Morgan fingerprint density at radius 1 is 1.13 bits per heavy atom. The molecule has 52 heavy (non-hydrogen) atoms. The summed E-state index contributed by atoms with van der Waals surface area (Å²) in [6.07, 6.45) is 12.6. The fourth-order valence-electron chi connectivity index (χ4n) is 5.14. The summed E-state index contributed by atoms with van der Waals surface area (Å²) < 4.78 is 23.6. The Balaban J connectivity index is 0.000000208. The standard InChI is InChI=1S/C16H16N2O2S.C14H25NO2.C4H7NO2S.C4H7NO/c1-9(2)14-8-21-16(18-14)13-7-15(19)11-5-4-10(20-3)6-12(11)17-13;1-4-5-6-7-11-17-13(3)14(16)15-10-8-9-12(15)2;6-3-5-8(7)4-1-2-4;6-3-5-4-1-2-4/h4-9H,1-3H3,(H,17,19);4,12-13H,1,5-11H2,2-3H3;3-4H,1-2H2,(H,5,6);3-4H,1-2H2,(H,5,6)/t;12?,13-;;/m.1../s1. The van der Waals surface area contributed by atoms with Crippen LogP contribution in [0.5, 0.6) is 5.75 Å². The minimum absolute atomic E-state index is 0.0114. The van der Waals surface area contributed by atoms with Crippen molar-refractivity contribution in [2.45, 2.75) is 115 Å². The van der Waals surface area contributed by atoms with Crippen LogP contribution in [-0.4, -0.2) is 81.5 Å². The zero-order valence-corrected chi connectivity index (χ0v) is 32.7. The van der Waals surface area contributed by atoms with Crippen molar-refractivity contribution in [3.8, 4) is 16.5 Å². The first-order valence-corrected chi connectivity index (χ1v) is 20.1.